The summed E-state index contributed by atoms with van der Waals surface area (Å²) < 4.78 is 107. The molecule has 16 heteroatoms. The molecule has 0 spiro atoms. The van der Waals surface area contributed by atoms with Crippen LogP contribution in [0, 0.1) is 11.8 Å². The largest absolute Gasteiger partial charge is 0.433 e. The molecule has 0 bridgehead atoms. The first-order chi connectivity index (χ1) is 18.7. The number of sulfonamides is 1. The van der Waals surface area contributed by atoms with E-state index in [0.717, 1.165) is 46.0 Å². The second-order valence-electron chi connectivity index (χ2n) is 8.12. The van der Waals surface area contributed by atoms with E-state index in [1.807, 2.05) is 0 Å². The van der Waals surface area contributed by atoms with Gasteiger partial charge in [0.25, 0.3) is 10.0 Å². The molecule has 3 heterocycles. The van der Waals surface area contributed by atoms with Gasteiger partial charge in [-0.05, 0) is 42.2 Å². The van der Waals surface area contributed by atoms with Crippen LogP contribution in [0.4, 0.5) is 26.3 Å². The highest BCUT2D eigenvalue weighted by Crippen LogP contribution is 2.34. The summed E-state index contributed by atoms with van der Waals surface area (Å²) in [6.07, 6.45) is -9.50. The molecular weight excluding hydrogens is 586 g/mol. The van der Waals surface area contributed by atoms with Gasteiger partial charge < -0.3 is 10.2 Å². The minimum Gasteiger partial charge on any atom is -0.395 e. The minimum absolute atomic E-state index is 0.0265. The van der Waals surface area contributed by atoms with Gasteiger partial charge in [-0.15, -0.1) is 11.3 Å². The standard InChI is InChI=1S/C24H18F6N4O4S2/c25-23(26,27)16-3-1-15(2-4-16)19-14-20(24(28,29)30)34-21(31-19)13-17(32-34)5-6-18-7-8-22(39-18)40(37,38)33(9-11-35)10-12-36/h1-4,7-8,13-14,35-36H,9-12H2. The third-order valence-electron chi connectivity index (χ3n) is 5.41. The van der Waals surface area contributed by atoms with Crippen LogP contribution in [-0.2, 0) is 22.4 Å². The average Bonchev–Trinajstić information content (AvgIpc) is 3.53. The third-order valence-corrected chi connectivity index (χ3v) is 8.78. The van der Waals surface area contributed by atoms with Crippen molar-refractivity contribution in [1.82, 2.24) is 18.9 Å². The maximum absolute atomic E-state index is 13.8. The number of hydrogen-bond acceptors (Lipinski definition) is 7. The summed E-state index contributed by atoms with van der Waals surface area (Å²) in [4.78, 5) is 4.35. The lowest BCUT2D eigenvalue weighted by atomic mass is 10.1. The Kier molecular flexibility index (Phi) is 8.24. The number of fused-ring (bicyclic) bond motifs is 1. The van der Waals surface area contributed by atoms with Crippen LogP contribution < -0.4 is 0 Å². The van der Waals surface area contributed by atoms with Crippen molar-refractivity contribution in [2.75, 3.05) is 26.3 Å². The first-order valence-electron chi connectivity index (χ1n) is 11.2. The number of alkyl halides is 6. The van der Waals surface area contributed by atoms with E-state index in [0.29, 0.717) is 10.6 Å². The lowest BCUT2D eigenvalue weighted by Crippen LogP contribution is -2.35. The van der Waals surface area contributed by atoms with Gasteiger partial charge in [-0.1, -0.05) is 12.1 Å². The van der Waals surface area contributed by atoms with E-state index in [1.165, 1.54) is 12.1 Å². The molecule has 3 aromatic heterocycles. The number of aromatic nitrogens is 3. The molecule has 0 amide bonds. The number of aliphatic hydroxyl groups is 2. The number of benzene rings is 1. The monoisotopic (exact) mass is 604 g/mol. The van der Waals surface area contributed by atoms with Crippen LogP contribution in [0.5, 0.6) is 0 Å². The van der Waals surface area contributed by atoms with Crippen LogP contribution in [0.25, 0.3) is 16.9 Å². The maximum Gasteiger partial charge on any atom is 0.433 e. The molecule has 0 aliphatic carbocycles. The smallest absolute Gasteiger partial charge is 0.395 e. The lowest BCUT2D eigenvalue weighted by molar-refractivity contribution is -0.142. The first-order valence-corrected chi connectivity index (χ1v) is 13.5. The van der Waals surface area contributed by atoms with Crippen molar-refractivity contribution in [3.8, 4) is 23.1 Å². The Morgan fingerprint density at radius 2 is 1.55 bits per heavy atom. The van der Waals surface area contributed by atoms with Gasteiger partial charge in [-0.2, -0.15) is 35.7 Å². The Morgan fingerprint density at radius 3 is 2.12 bits per heavy atom. The van der Waals surface area contributed by atoms with Gasteiger partial charge in [-0.25, -0.2) is 17.9 Å². The molecule has 40 heavy (non-hydrogen) atoms. The van der Waals surface area contributed by atoms with Crippen LogP contribution in [0.3, 0.4) is 0 Å². The van der Waals surface area contributed by atoms with Crippen molar-refractivity contribution in [3.63, 3.8) is 0 Å². The van der Waals surface area contributed by atoms with E-state index in [-0.39, 0.29) is 44.8 Å². The molecule has 0 atom stereocenters. The molecule has 0 aliphatic rings. The van der Waals surface area contributed by atoms with Gasteiger partial charge in [0.05, 0.1) is 29.3 Å². The molecule has 4 aromatic rings. The van der Waals surface area contributed by atoms with E-state index < -0.39 is 46.8 Å². The zero-order valence-corrected chi connectivity index (χ0v) is 21.7. The summed E-state index contributed by atoms with van der Waals surface area (Å²) >= 11 is 0.779. The van der Waals surface area contributed by atoms with Crippen LogP contribution in [0.1, 0.15) is 21.8 Å². The second kappa shape index (κ2) is 11.2. The van der Waals surface area contributed by atoms with E-state index in [9.17, 15) is 34.8 Å². The van der Waals surface area contributed by atoms with Crippen molar-refractivity contribution >= 4 is 27.0 Å². The fourth-order valence-corrected chi connectivity index (χ4v) is 6.31. The summed E-state index contributed by atoms with van der Waals surface area (Å²) in [7, 11) is -4.03. The molecule has 0 saturated heterocycles. The zero-order chi connectivity index (χ0) is 29.3. The summed E-state index contributed by atoms with van der Waals surface area (Å²) in [5, 5.41) is 22.1. The minimum atomic E-state index is -4.88. The number of nitrogens with zero attached hydrogens (tertiary/aromatic N) is 4. The molecule has 0 unspecified atom stereocenters. The highest BCUT2D eigenvalue weighted by molar-refractivity contribution is 7.91. The highest BCUT2D eigenvalue weighted by atomic mass is 32.2. The summed E-state index contributed by atoms with van der Waals surface area (Å²) in [6, 6.07) is 8.00. The molecule has 0 fully saturated rings. The maximum atomic E-state index is 13.8. The second-order valence-corrected chi connectivity index (χ2v) is 11.4. The fourth-order valence-electron chi connectivity index (χ4n) is 3.57. The normalized spacial score (nSPS) is 12.6. The Hall–Kier alpha value is -3.49. The van der Waals surface area contributed by atoms with Gasteiger partial charge in [0.15, 0.2) is 11.3 Å². The van der Waals surface area contributed by atoms with Crippen LogP contribution in [-0.4, -0.2) is 63.8 Å². The Labute approximate surface area is 227 Å². The third kappa shape index (κ3) is 6.29. The number of rotatable bonds is 7. The molecule has 1 aromatic carbocycles. The van der Waals surface area contributed by atoms with Crippen molar-refractivity contribution < 1.29 is 45.0 Å². The molecule has 2 N–H and O–H groups in total. The fraction of sp³-hybridized carbons (Fsp3) is 0.250. The van der Waals surface area contributed by atoms with Gasteiger partial charge in [-0.3, -0.25) is 0 Å². The summed E-state index contributed by atoms with van der Waals surface area (Å²) in [5.41, 5.74) is -2.77. The van der Waals surface area contributed by atoms with Crippen LogP contribution in [0.15, 0.2) is 52.7 Å². The van der Waals surface area contributed by atoms with Crippen molar-refractivity contribution in [2.24, 2.45) is 0 Å². The predicted octanol–water partition coefficient (Wildman–Crippen LogP) is 3.87. The number of aliphatic hydroxyl groups excluding tert-OH is 2. The molecule has 0 aliphatic heterocycles. The quantitative estimate of drug-likeness (QED) is 0.245. The number of halogens is 6. The van der Waals surface area contributed by atoms with Gasteiger partial charge in [0.2, 0.25) is 0 Å². The lowest BCUT2D eigenvalue weighted by Gasteiger charge is -2.18. The summed E-state index contributed by atoms with van der Waals surface area (Å²) in [5.74, 6) is 5.20. The summed E-state index contributed by atoms with van der Waals surface area (Å²) in [6.45, 7) is -1.38. The van der Waals surface area contributed by atoms with E-state index in [1.54, 1.807) is 0 Å². The Balaban J connectivity index is 1.69. The molecule has 4 rings (SSSR count). The van der Waals surface area contributed by atoms with E-state index >= 15 is 0 Å². The van der Waals surface area contributed by atoms with Crippen LogP contribution in [0.2, 0.25) is 0 Å². The SMILES string of the molecule is O=S(=O)(c1ccc(C#Cc2cc3nc(-c4ccc(C(F)(F)F)cc4)cc(C(F)(F)F)n3n2)s1)N(CCO)CCO. The van der Waals surface area contributed by atoms with Crippen molar-refractivity contribution in [3.05, 3.63) is 70.4 Å². The number of hydrogen-bond donors (Lipinski definition) is 2. The first kappa shape index (κ1) is 29.5. The number of thiophene rings is 1. The van der Waals surface area contributed by atoms with E-state index in [2.05, 4.69) is 21.9 Å². The average molecular weight is 605 g/mol. The molecule has 212 valence electrons. The molecule has 0 radical (unpaired) electrons. The molecule has 0 saturated carbocycles. The Bertz CT molecular complexity index is 1680. The molecule has 8 nitrogen and oxygen atoms in total. The molecular formula is C24H18F6N4O4S2. The highest BCUT2D eigenvalue weighted by Gasteiger charge is 2.36. The van der Waals surface area contributed by atoms with Crippen molar-refractivity contribution in [1.29, 1.82) is 0 Å². The van der Waals surface area contributed by atoms with Crippen LogP contribution >= 0.6 is 11.3 Å². The predicted molar refractivity (Wildman–Crippen MR) is 132 cm³/mol. The zero-order valence-electron chi connectivity index (χ0n) is 20.0. The van der Waals surface area contributed by atoms with E-state index in [4.69, 9.17) is 10.2 Å². The van der Waals surface area contributed by atoms with Gasteiger partial charge in [0, 0.05) is 24.7 Å². The van der Waals surface area contributed by atoms with Gasteiger partial charge in [0.1, 0.15) is 9.90 Å². The van der Waals surface area contributed by atoms with Crippen molar-refractivity contribution in [2.45, 2.75) is 16.6 Å². The topological polar surface area (TPSA) is 108 Å². The Morgan fingerprint density at radius 1 is 0.900 bits per heavy atom. The van der Waals surface area contributed by atoms with Gasteiger partial charge >= 0.3 is 12.4 Å².